The first-order valence-electron chi connectivity index (χ1n) is 17.0. The van der Waals surface area contributed by atoms with E-state index in [0.29, 0.717) is 36.9 Å². The van der Waals surface area contributed by atoms with Gasteiger partial charge in [0.05, 0.1) is 24.5 Å². The van der Waals surface area contributed by atoms with Crippen molar-refractivity contribution in [3.05, 3.63) is 96.1 Å². The van der Waals surface area contributed by atoms with E-state index in [4.69, 9.17) is 19.7 Å². The van der Waals surface area contributed by atoms with E-state index in [1.54, 1.807) is 4.80 Å². The first-order chi connectivity index (χ1) is 23.7. The molecule has 1 aliphatic carbocycles. The number of fused-ring (bicyclic) bond motifs is 1. The van der Waals surface area contributed by atoms with Crippen LogP contribution >= 0.6 is 0 Å². The molecule has 13 nitrogen and oxygen atoms in total. The fourth-order valence-corrected chi connectivity index (χ4v) is 6.52. The number of ether oxygens (including phenoxy) is 1. The van der Waals surface area contributed by atoms with Gasteiger partial charge in [0.2, 0.25) is 5.95 Å². The standard InChI is InChI=1S/C36H43N11O2/c1-5-30-42-44-47(43-30)28-17-16-27(20-28)46-23-38-31-32(37-21-29(24-12-8-6-9-13-24)25-14-10-7-11-15-25)40-34(41-33(31)46)45-19-18-26(22-45)39-35(48)49-36(2,3)4/h6-17,23,26-29H,5,18-22H2,1-4H3,(H,39,48)(H,37,40,41)/t26-,27+,28-/m1/s1. The molecule has 49 heavy (non-hydrogen) atoms. The predicted octanol–water partition coefficient (Wildman–Crippen LogP) is 5.46. The molecule has 4 heterocycles. The van der Waals surface area contributed by atoms with Crippen molar-refractivity contribution < 1.29 is 9.53 Å². The summed E-state index contributed by atoms with van der Waals surface area (Å²) in [6.07, 6.45) is 7.96. The number of benzene rings is 2. The zero-order valence-corrected chi connectivity index (χ0v) is 28.4. The van der Waals surface area contributed by atoms with E-state index in [2.05, 4.69) is 96.2 Å². The summed E-state index contributed by atoms with van der Waals surface area (Å²) in [5.41, 5.74) is 3.30. The lowest BCUT2D eigenvalue weighted by molar-refractivity contribution is 0.0509. The first kappa shape index (κ1) is 32.2. The van der Waals surface area contributed by atoms with Gasteiger partial charge in [0, 0.05) is 32.0 Å². The third kappa shape index (κ3) is 7.25. The van der Waals surface area contributed by atoms with Crippen LogP contribution in [0, 0.1) is 0 Å². The maximum atomic E-state index is 12.5. The van der Waals surface area contributed by atoms with Crippen molar-refractivity contribution >= 4 is 29.0 Å². The second-order valence-corrected chi connectivity index (χ2v) is 13.7. The third-order valence-corrected chi connectivity index (χ3v) is 8.96. The molecule has 2 aliphatic rings. The molecule has 3 aromatic heterocycles. The molecule has 0 unspecified atom stereocenters. The molecular weight excluding hydrogens is 618 g/mol. The molecule has 254 valence electrons. The summed E-state index contributed by atoms with van der Waals surface area (Å²) in [4.78, 5) is 31.4. The van der Waals surface area contributed by atoms with Gasteiger partial charge in [-0.25, -0.2) is 9.78 Å². The Morgan fingerprint density at radius 2 is 1.71 bits per heavy atom. The summed E-state index contributed by atoms with van der Waals surface area (Å²) in [6.45, 7) is 9.48. The Bertz CT molecular complexity index is 1880. The van der Waals surface area contributed by atoms with Gasteiger partial charge in [0.15, 0.2) is 22.8 Å². The Morgan fingerprint density at radius 1 is 1.00 bits per heavy atom. The van der Waals surface area contributed by atoms with Crippen molar-refractivity contribution in [1.82, 2.24) is 45.0 Å². The number of anilines is 2. The van der Waals surface area contributed by atoms with Crippen LogP contribution in [0.2, 0.25) is 0 Å². The van der Waals surface area contributed by atoms with Crippen LogP contribution in [0.1, 0.15) is 75.5 Å². The minimum Gasteiger partial charge on any atom is -0.444 e. The molecule has 1 saturated heterocycles. The molecule has 1 amide bonds. The number of aryl methyl sites for hydroxylation is 1. The van der Waals surface area contributed by atoms with Crippen LogP contribution in [0.25, 0.3) is 11.2 Å². The van der Waals surface area contributed by atoms with E-state index in [1.807, 2.05) is 46.2 Å². The number of imidazole rings is 1. The van der Waals surface area contributed by atoms with E-state index >= 15 is 0 Å². The molecule has 3 atom stereocenters. The molecule has 13 heteroatoms. The van der Waals surface area contributed by atoms with Crippen LogP contribution in [-0.4, -0.2) is 77.1 Å². The van der Waals surface area contributed by atoms with Crippen molar-refractivity contribution in [2.75, 3.05) is 29.9 Å². The van der Waals surface area contributed by atoms with Crippen LogP contribution in [0.3, 0.4) is 0 Å². The summed E-state index contributed by atoms with van der Waals surface area (Å²) in [5.74, 6) is 2.08. The third-order valence-electron chi connectivity index (χ3n) is 8.96. The lowest BCUT2D eigenvalue weighted by Gasteiger charge is -2.23. The van der Waals surface area contributed by atoms with Gasteiger partial charge in [0.1, 0.15) is 5.60 Å². The number of hydrogen-bond donors (Lipinski definition) is 2. The average Bonchev–Trinajstić information content (AvgIpc) is 3.91. The number of carbonyl (C=O) groups is 1. The van der Waals surface area contributed by atoms with Gasteiger partial charge in [-0.3, -0.25) is 0 Å². The van der Waals surface area contributed by atoms with E-state index in [-0.39, 0.29) is 24.0 Å². The van der Waals surface area contributed by atoms with Gasteiger partial charge in [-0.2, -0.15) is 14.8 Å². The number of nitrogens with one attached hydrogen (secondary N) is 2. The number of amides is 1. The Balaban J connectivity index is 1.19. The van der Waals surface area contributed by atoms with Crippen LogP contribution in [-0.2, 0) is 11.2 Å². The first-order valence-corrected chi connectivity index (χ1v) is 17.0. The number of hydrogen-bond acceptors (Lipinski definition) is 10. The van der Waals surface area contributed by atoms with E-state index in [0.717, 1.165) is 30.7 Å². The van der Waals surface area contributed by atoms with Crippen LogP contribution < -0.4 is 15.5 Å². The summed E-state index contributed by atoms with van der Waals surface area (Å²) in [5, 5.41) is 19.7. The molecule has 1 aliphatic heterocycles. The second-order valence-electron chi connectivity index (χ2n) is 13.7. The van der Waals surface area contributed by atoms with Gasteiger partial charge < -0.3 is 24.8 Å². The van der Waals surface area contributed by atoms with Crippen LogP contribution in [0.5, 0.6) is 0 Å². The Labute approximate surface area is 285 Å². The highest BCUT2D eigenvalue weighted by atomic mass is 16.6. The van der Waals surface area contributed by atoms with Gasteiger partial charge in [-0.05, 0) is 50.0 Å². The predicted molar refractivity (Wildman–Crippen MR) is 188 cm³/mol. The molecule has 0 spiro atoms. The van der Waals surface area contributed by atoms with Crippen LogP contribution in [0.15, 0.2) is 79.1 Å². The highest BCUT2D eigenvalue weighted by Crippen LogP contribution is 2.35. The minimum absolute atomic E-state index is 0.00299. The van der Waals surface area contributed by atoms with Crippen molar-refractivity contribution in [3.63, 3.8) is 0 Å². The van der Waals surface area contributed by atoms with E-state index < -0.39 is 11.7 Å². The summed E-state index contributed by atoms with van der Waals surface area (Å²) in [7, 11) is 0. The summed E-state index contributed by atoms with van der Waals surface area (Å²) >= 11 is 0. The number of carbonyl (C=O) groups excluding carboxylic acids is 1. The fraction of sp³-hybridized carbons (Fsp3) is 0.417. The second kappa shape index (κ2) is 13.7. The van der Waals surface area contributed by atoms with E-state index in [9.17, 15) is 4.79 Å². The van der Waals surface area contributed by atoms with Gasteiger partial charge >= 0.3 is 6.09 Å². The van der Waals surface area contributed by atoms with Gasteiger partial charge in [-0.15, -0.1) is 10.2 Å². The van der Waals surface area contributed by atoms with Gasteiger partial charge in [0.25, 0.3) is 0 Å². The molecule has 0 radical (unpaired) electrons. The number of rotatable bonds is 10. The molecule has 2 N–H and O–H groups in total. The molecule has 7 rings (SSSR count). The summed E-state index contributed by atoms with van der Waals surface area (Å²) < 4.78 is 7.62. The topological polar surface area (TPSA) is 141 Å². The molecular formula is C36H43N11O2. The van der Waals surface area contributed by atoms with Gasteiger partial charge in [-0.1, -0.05) is 79.7 Å². The van der Waals surface area contributed by atoms with Crippen LogP contribution in [0.4, 0.5) is 16.6 Å². The monoisotopic (exact) mass is 661 g/mol. The molecule has 2 aromatic carbocycles. The lowest BCUT2D eigenvalue weighted by atomic mass is 9.91. The van der Waals surface area contributed by atoms with Crippen molar-refractivity contribution in [2.24, 2.45) is 0 Å². The minimum atomic E-state index is -0.567. The number of tetrazole rings is 1. The van der Waals surface area contributed by atoms with Crippen molar-refractivity contribution in [3.8, 4) is 0 Å². The maximum absolute atomic E-state index is 12.5. The Hall–Kier alpha value is -5.33. The quantitative estimate of drug-likeness (QED) is 0.185. The average molecular weight is 662 g/mol. The normalized spacial score (nSPS) is 19.2. The van der Waals surface area contributed by atoms with Crippen molar-refractivity contribution in [1.29, 1.82) is 0 Å². The number of aromatic nitrogens is 8. The van der Waals surface area contributed by atoms with Crippen molar-refractivity contribution in [2.45, 2.75) is 76.6 Å². The number of allylic oxidation sites excluding steroid dienone is 2. The smallest absolute Gasteiger partial charge is 0.407 e. The molecule has 5 aromatic rings. The van der Waals surface area contributed by atoms with E-state index in [1.165, 1.54) is 11.1 Å². The summed E-state index contributed by atoms with van der Waals surface area (Å²) in [6, 6.07) is 20.9. The zero-order chi connectivity index (χ0) is 34.0. The molecule has 1 fully saturated rings. The SMILES string of the molecule is CCc1nnn([C@@H]2C=C[C@H](n3cnc4c(NCC(c5ccccc5)c5ccccc5)nc(N5CC[C@@H](NC(=O)OC(C)(C)C)C5)nc43)C2)n1. The highest BCUT2D eigenvalue weighted by molar-refractivity contribution is 5.84. The Kier molecular flexibility index (Phi) is 8.98. The Morgan fingerprint density at radius 3 is 2.39 bits per heavy atom. The number of nitrogens with zero attached hydrogens (tertiary/aromatic N) is 9. The fourth-order valence-electron chi connectivity index (χ4n) is 6.52. The molecule has 0 saturated carbocycles. The maximum Gasteiger partial charge on any atom is 0.407 e. The number of alkyl carbamates (subject to hydrolysis) is 1. The largest absolute Gasteiger partial charge is 0.444 e. The zero-order valence-electron chi connectivity index (χ0n) is 28.4. The highest BCUT2D eigenvalue weighted by Gasteiger charge is 2.31. The molecule has 0 bridgehead atoms. The lowest BCUT2D eigenvalue weighted by Crippen LogP contribution is -2.40.